The van der Waals surface area contributed by atoms with Crippen molar-refractivity contribution in [2.45, 2.75) is 36.7 Å². The topological polar surface area (TPSA) is 32.6 Å². The summed E-state index contributed by atoms with van der Waals surface area (Å²) in [7, 11) is -1.08. The van der Waals surface area contributed by atoms with E-state index in [0.717, 1.165) is 12.8 Å². The quantitative estimate of drug-likeness (QED) is 0.504. The first-order valence-electron chi connectivity index (χ1n) is 5.57. The molecule has 2 aliphatic carbocycles. The van der Waals surface area contributed by atoms with Gasteiger partial charge in [-0.05, 0) is 18.3 Å². The van der Waals surface area contributed by atoms with Gasteiger partial charge in [0.2, 0.25) is 5.72 Å². The molecule has 2 saturated heterocycles. The summed E-state index contributed by atoms with van der Waals surface area (Å²) < 4.78 is 12.6. The fourth-order valence-corrected chi connectivity index (χ4v) is 8.05. The average Bonchev–Trinajstić information content (AvgIpc) is 2.76. The lowest BCUT2D eigenvalue weighted by Gasteiger charge is -2.36. The third kappa shape index (κ3) is 0.674. The van der Waals surface area contributed by atoms with Crippen molar-refractivity contribution in [1.82, 2.24) is 4.47 Å². The number of rotatable bonds is 0. The molecule has 0 aromatic carbocycles. The fourth-order valence-electron chi connectivity index (χ4n) is 4.56. The molecule has 2 aliphatic heterocycles. The zero-order valence-electron chi connectivity index (χ0n) is 9.13. The monoisotopic (exact) mass is 281 g/mol. The zero-order chi connectivity index (χ0) is 11.6. The van der Waals surface area contributed by atoms with Crippen LogP contribution < -0.4 is 0 Å². The van der Waals surface area contributed by atoms with E-state index in [1.807, 2.05) is 0 Å². The minimum absolute atomic E-state index is 0.00257. The van der Waals surface area contributed by atoms with Crippen molar-refractivity contribution in [3.63, 3.8) is 0 Å². The van der Waals surface area contributed by atoms with E-state index in [4.69, 9.17) is 28.0 Å². The van der Waals surface area contributed by atoms with E-state index in [0.29, 0.717) is 5.75 Å². The summed E-state index contributed by atoms with van der Waals surface area (Å²) in [6.07, 6.45) is 2.03. The van der Waals surface area contributed by atoms with Crippen LogP contribution in [0.3, 0.4) is 0 Å². The standard InChI is InChI=1S/C10H13Cl2NO2S/c1-7(2)6-3-4-8(7)5-16(14)13-10(8,15-13)9(6,11)12/h6H,3-5H2,1-2H3. The van der Waals surface area contributed by atoms with Crippen molar-refractivity contribution in [2.75, 3.05) is 5.75 Å². The Hall–Kier alpha value is 0.650. The van der Waals surface area contributed by atoms with Crippen LogP contribution in [0.2, 0.25) is 0 Å². The van der Waals surface area contributed by atoms with Crippen molar-refractivity contribution in [1.29, 1.82) is 0 Å². The highest BCUT2D eigenvalue weighted by atomic mass is 35.5. The summed E-state index contributed by atoms with van der Waals surface area (Å²) in [5.41, 5.74) is -0.795. The number of alkyl halides is 2. The Morgan fingerprint density at radius 1 is 1.44 bits per heavy atom. The largest absolute Gasteiger partial charge is 0.253 e. The van der Waals surface area contributed by atoms with Crippen molar-refractivity contribution in [3.8, 4) is 0 Å². The summed E-state index contributed by atoms with van der Waals surface area (Å²) in [6, 6.07) is 0. The van der Waals surface area contributed by atoms with Gasteiger partial charge in [-0.25, -0.2) is 4.21 Å². The minimum Gasteiger partial charge on any atom is -0.253 e. The first-order chi connectivity index (χ1) is 7.31. The lowest BCUT2D eigenvalue weighted by atomic mass is 9.68. The van der Waals surface area contributed by atoms with Crippen LogP contribution in [0.25, 0.3) is 0 Å². The van der Waals surface area contributed by atoms with Gasteiger partial charge in [0, 0.05) is 11.3 Å². The second-order valence-electron chi connectivity index (χ2n) is 5.98. The van der Waals surface area contributed by atoms with Gasteiger partial charge in [-0.2, -0.15) is 0 Å². The van der Waals surface area contributed by atoms with Crippen LogP contribution in [0.15, 0.2) is 0 Å². The number of hydrogen-bond acceptors (Lipinski definition) is 2. The number of fused-ring (bicyclic) bond motifs is 1. The number of halogens is 2. The molecule has 0 N–H and O–H groups in total. The molecule has 5 unspecified atom stereocenters. The molecule has 2 heterocycles. The van der Waals surface area contributed by atoms with E-state index < -0.39 is 21.0 Å². The first-order valence-corrected chi connectivity index (χ1v) is 7.60. The van der Waals surface area contributed by atoms with Crippen molar-refractivity contribution in [3.05, 3.63) is 0 Å². The lowest BCUT2D eigenvalue weighted by molar-refractivity contribution is 0.0717. The first kappa shape index (κ1) is 10.6. The third-order valence-electron chi connectivity index (χ3n) is 5.50. The second kappa shape index (κ2) is 2.37. The van der Waals surface area contributed by atoms with Crippen LogP contribution in [0.1, 0.15) is 26.7 Å². The molecule has 90 valence electrons. The van der Waals surface area contributed by atoms with Crippen LogP contribution in [0.4, 0.5) is 0 Å². The van der Waals surface area contributed by atoms with E-state index in [1.54, 1.807) is 4.47 Å². The summed E-state index contributed by atoms with van der Waals surface area (Å²) in [5, 5.41) is 0. The Morgan fingerprint density at radius 2 is 2.12 bits per heavy atom. The van der Waals surface area contributed by atoms with E-state index in [1.165, 1.54) is 0 Å². The molecule has 0 amide bonds. The summed E-state index contributed by atoms with van der Waals surface area (Å²) in [4.78, 5) is 5.62. The average molecular weight is 282 g/mol. The van der Waals surface area contributed by atoms with Gasteiger partial charge >= 0.3 is 0 Å². The highest BCUT2D eigenvalue weighted by Crippen LogP contribution is 2.85. The van der Waals surface area contributed by atoms with E-state index in [2.05, 4.69) is 13.8 Å². The van der Waals surface area contributed by atoms with Gasteiger partial charge in [0.05, 0.1) is 5.75 Å². The molecule has 2 spiro atoms. The third-order valence-corrected chi connectivity index (χ3v) is 7.98. The molecule has 0 aromatic rings. The number of hydroxylamine groups is 1. The molecular weight excluding hydrogens is 269 g/mol. The smallest absolute Gasteiger partial charge is 0.219 e. The normalized spacial score (nSPS) is 63.1. The van der Waals surface area contributed by atoms with Gasteiger partial charge in [0.25, 0.3) is 0 Å². The van der Waals surface area contributed by atoms with E-state index in [-0.39, 0.29) is 16.7 Å². The summed E-state index contributed by atoms with van der Waals surface area (Å²) in [5.74, 6) is 0.878. The molecule has 4 fully saturated rings. The Labute approximate surface area is 107 Å². The van der Waals surface area contributed by atoms with Crippen molar-refractivity contribution >= 4 is 34.2 Å². The van der Waals surface area contributed by atoms with E-state index in [9.17, 15) is 4.21 Å². The molecule has 5 atom stereocenters. The Balaban J connectivity index is 2.02. The molecule has 4 rings (SSSR count). The van der Waals surface area contributed by atoms with Crippen LogP contribution in [0.5, 0.6) is 0 Å². The number of nitrogens with zero attached hydrogens (tertiary/aromatic N) is 1. The molecule has 16 heavy (non-hydrogen) atoms. The molecule has 4 aliphatic rings. The molecule has 6 heteroatoms. The number of hydrogen-bond donors (Lipinski definition) is 0. The van der Waals surface area contributed by atoms with Gasteiger partial charge in [-0.1, -0.05) is 41.5 Å². The van der Waals surface area contributed by atoms with Crippen LogP contribution in [0, 0.1) is 16.7 Å². The maximum atomic E-state index is 12.0. The maximum absolute atomic E-state index is 12.0. The Kier molecular flexibility index (Phi) is 1.56. The van der Waals surface area contributed by atoms with Gasteiger partial charge in [0.15, 0.2) is 4.33 Å². The zero-order valence-corrected chi connectivity index (χ0v) is 11.5. The SMILES string of the molecule is CC1(C)C2CCC13CS(=O)N1OC13C2(Cl)Cl. The highest BCUT2D eigenvalue weighted by molar-refractivity contribution is 7.83. The fraction of sp³-hybridized carbons (Fsp3) is 1.00. The summed E-state index contributed by atoms with van der Waals surface area (Å²) in [6.45, 7) is 4.39. The summed E-state index contributed by atoms with van der Waals surface area (Å²) >= 11 is 13.1. The second-order valence-corrected chi connectivity index (χ2v) is 8.63. The highest BCUT2D eigenvalue weighted by Gasteiger charge is 2.95. The van der Waals surface area contributed by atoms with Gasteiger partial charge in [-0.15, -0.1) is 0 Å². The van der Waals surface area contributed by atoms with Crippen LogP contribution in [-0.2, 0) is 15.8 Å². The predicted molar refractivity (Wildman–Crippen MR) is 62.0 cm³/mol. The van der Waals surface area contributed by atoms with Crippen molar-refractivity contribution < 1.29 is 9.05 Å². The van der Waals surface area contributed by atoms with Crippen molar-refractivity contribution in [2.24, 2.45) is 16.7 Å². The Bertz CT molecular complexity index is 433. The molecular formula is C10H13Cl2NO2S. The van der Waals surface area contributed by atoms with E-state index >= 15 is 0 Å². The van der Waals surface area contributed by atoms with Gasteiger partial charge in [-0.3, -0.25) is 4.84 Å². The van der Waals surface area contributed by atoms with Crippen LogP contribution in [-0.4, -0.2) is 24.5 Å². The minimum atomic E-state index is -1.08. The molecule has 3 nitrogen and oxygen atoms in total. The van der Waals surface area contributed by atoms with Gasteiger partial charge < -0.3 is 0 Å². The molecule has 0 radical (unpaired) electrons. The molecule has 0 aromatic heterocycles. The van der Waals surface area contributed by atoms with Gasteiger partial charge in [0.1, 0.15) is 11.0 Å². The molecule has 2 saturated carbocycles. The van der Waals surface area contributed by atoms with Crippen LogP contribution >= 0.6 is 23.2 Å². The molecule has 2 bridgehead atoms. The lowest BCUT2D eigenvalue weighted by Crippen LogP contribution is -2.48. The predicted octanol–water partition coefficient (Wildman–Crippen LogP) is 2.22. The maximum Gasteiger partial charge on any atom is 0.219 e. The Morgan fingerprint density at radius 3 is 2.69 bits per heavy atom.